The Balaban J connectivity index is 1.52. The number of amides is 1. The summed E-state index contributed by atoms with van der Waals surface area (Å²) < 4.78 is 0. The second kappa shape index (κ2) is 9.30. The Morgan fingerprint density at radius 1 is 1.16 bits per heavy atom. The molecule has 5 nitrogen and oxygen atoms in total. The second-order valence-electron chi connectivity index (χ2n) is 8.10. The molecule has 0 saturated heterocycles. The zero-order valence-electron chi connectivity index (χ0n) is 18.5. The highest BCUT2D eigenvalue weighted by atomic mass is 32.2. The minimum atomic E-state index is -0.185. The standard InChI is InChI=1S/C25H25N3O2S2/c1-14(2)18-7-5-6-16(4)22(18)26-20(29)13-32-25-27-23(30)21-19(12-31-24(21)28-25)17-10-8-15(3)9-11-17/h5-12,14H,13H2,1-4H3,(H,26,29)(H,27,28,30). The number of aryl methyl sites for hydroxylation is 2. The average Bonchev–Trinajstić information content (AvgIpc) is 3.18. The smallest absolute Gasteiger partial charge is 0.260 e. The van der Waals surface area contributed by atoms with Crippen molar-refractivity contribution in [3.8, 4) is 11.1 Å². The summed E-state index contributed by atoms with van der Waals surface area (Å²) in [4.78, 5) is 33.6. The summed E-state index contributed by atoms with van der Waals surface area (Å²) in [5.41, 5.74) is 5.87. The zero-order valence-corrected chi connectivity index (χ0v) is 20.1. The Labute approximate surface area is 195 Å². The minimum absolute atomic E-state index is 0.125. The number of aromatic amines is 1. The third-order valence-corrected chi connectivity index (χ3v) is 7.06. The Bertz CT molecular complexity index is 1340. The maximum Gasteiger partial charge on any atom is 0.260 e. The first-order valence-corrected chi connectivity index (χ1v) is 12.3. The molecule has 4 rings (SSSR count). The van der Waals surface area contributed by atoms with Crippen molar-refractivity contribution in [1.82, 2.24) is 9.97 Å². The van der Waals surface area contributed by atoms with Crippen LogP contribution in [0.4, 0.5) is 5.69 Å². The molecule has 2 aromatic heterocycles. The first-order chi connectivity index (χ1) is 15.3. The molecule has 0 aliphatic carbocycles. The van der Waals surface area contributed by atoms with Gasteiger partial charge in [0, 0.05) is 16.6 Å². The summed E-state index contributed by atoms with van der Waals surface area (Å²) >= 11 is 2.67. The summed E-state index contributed by atoms with van der Waals surface area (Å²) in [7, 11) is 0. The van der Waals surface area contributed by atoms with Gasteiger partial charge in [-0.3, -0.25) is 9.59 Å². The fraction of sp³-hybridized carbons (Fsp3) is 0.240. The fourth-order valence-electron chi connectivity index (χ4n) is 3.59. The first kappa shape index (κ1) is 22.3. The molecule has 2 N–H and O–H groups in total. The molecule has 0 fully saturated rings. The molecule has 0 spiro atoms. The second-order valence-corrected chi connectivity index (χ2v) is 9.92. The van der Waals surface area contributed by atoms with Crippen LogP contribution < -0.4 is 10.9 Å². The molecule has 1 amide bonds. The molecule has 0 atom stereocenters. The highest BCUT2D eigenvalue weighted by Gasteiger charge is 2.15. The van der Waals surface area contributed by atoms with E-state index in [-0.39, 0.29) is 17.2 Å². The van der Waals surface area contributed by atoms with E-state index in [1.165, 1.54) is 28.7 Å². The summed E-state index contributed by atoms with van der Waals surface area (Å²) in [6, 6.07) is 14.1. The average molecular weight is 464 g/mol. The van der Waals surface area contributed by atoms with Crippen LogP contribution in [0.25, 0.3) is 21.3 Å². The van der Waals surface area contributed by atoms with Gasteiger partial charge >= 0.3 is 0 Å². The normalized spacial score (nSPS) is 11.3. The Morgan fingerprint density at radius 3 is 2.62 bits per heavy atom. The minimum Gasteiger partial charge on any atom is -0.325 e. The number of nitrogens with one attached hydrogen (secondary N) is 2. The van der Waals surface area contributed by atoms with E-state index in [4.69, 9.17) is 0 Å². The quantitative estimate of drug-likeness (QED) is 0.267. The van der Waals surface area contributed by atoms with Crippen molar-refractivity contribution in [2.75, 3.05) is 11.1 Å². The molecular weight excluding hydrogens is 438 g/mol. The number of rotatable bonds is 6. The van der Waals surface area contributed by atoms with Crippen LogP contribution in [0.2, 0.25) is 0 Å². The first-order valence-electron chi connectivity index (χ1n) is 10.4. The molecule has 0 bridgehead atoms. The van der Waals surface area contributed by atoms with E-state index < -0.39 is 0 Å². The van der Waals surface area contributed by atoms with Gasteiger partial charge in [-0.2, -0.15) is 0 Å². The van der Waals surface area contributed by atoms with Crippen LogP contribution in [0.3, 0.4) is 0 Å². The molecule has 2 heterocycles. The highest BCUT2D eigenvalue weighted by molar-refractivity contribution is 7.99. The van der Waals surface area contributed by atoms with Crippen LogP contribution in [0.1, 0.15) is 36.5 Å². The predicted octanol–water partition coefficient (Wildman–Crippen LogP) is 6.12. The third kappa shape index (κ3) is 4.64. The number of aromatic nitrogens is 2. The van der Waals surface area contributed by atoms with Crippen molar-refractivity contribution in [1.29, 1.82) is 0 Å². The number of nitrogens with zero attached hydrogens (tertiary/aromatic N) is 1. The van der Waals surface area contributed by atoms with E-state index in [1.54, 1.807) is 0 Å². The van der Waals surface area contributed by atoms with E-state index in [1.807, 2.05) is 61.7 Å². The highest BCUT2D eigenvalue weighted by Crippen LogP contribution is 2.32. The van der Waals surface area contributed by atoms with Gasteiger partial charge in [0.05, 0.1) is 11.1 Å². The van der Waals surface area contributed by atoms with Crippen molar-refractivity contribution in [2.45, 2.75) is 38.8 Å². The van der Waals surface area contributed by atoms with E-state index in [0.717, 1.165) is 27.9 Å². The van der Waals surface area contributed by atoms with Crippen molar-refractivity contribution < 1.29 is 4.79 Å². The maximum atomic E-state index is 12.8. The van der Waals surface area contributed by atoms with Crippen LogP contribution in [-0.4, -0.2) is 21.6 Å². The molecule has 0 aliphatic heterocycles. The summed E-state index contributed by atoms with van der Waals surface area (Å²) in [5, 5.41) is 6.04. The van der Waals surface area contributed by atoms with Gasteiger partial charge in [-0.25, -0.2) is 4.98 Å². The Morgan fingerprint density at radius 2 is 1.91 bits per heavy atom. The maximum absolute atomic E-state index is 12.8. The largest absolute Gasteiger partial charge is 0.325 e. The summed E-state index contributed by atoms with van der Waals surface area (Å²) in [6.07, 6.45) is 0. The van der Waals surface area contributed by atoms with Crippen LogP contribution in [0.5, 0.6) is 0 Å². The van der Waals surface area contributed by atoms with Gasteiger partial charge in [-0.05, 0) is 36.5 Å². The number of benzene rings is 2. The molecule has 0 aliphatic rings. The SMILES string of the molecule is Cc1ccc(-c2csc3nc(SCC(=O)Nc4c(C)cccc4C(C)C)[nH]c(=O)c23)cc1. The number of para-hydroxylation sites is 1. The molecule has 7 heteroatoms. The summed E-state index contributed by atoms with van der Waals surface area (Å²) in [6.45, 7) is 8.24. The molecule has 32 heavy (non-hydrogen) atoms. The van der Waals surface area contributed by atoms with Crippen molar-refractivity contribution in [3.05, 3.63) is 74.9 Å². The van der Waals surface area contributed by atoms with Gasteiger partial charge in [-0.1, -0.05) is 73.6 Å². The van der Waals surface area contributed by atoms with E-state index >= 15 is 0 Å². The number of thioether (sulfide) groups is 1. The Kier molecular flexibility index (Phi) is 6.48. The molecular formula is C25H25N3O2S2. The van der Waals surface area contributed by atoms with Crippen LogP contribution >= 0.6 is 23.1 Å². The van der Waals surface area contributed by atoms with Crippen molar-refractivity contribution >= 4 is 44.9 Å². The van der Waals surface area contributed by atoms with E-state index in [2.05, 4.69) is 29.1 Å². The molecule has 2 aromatic carbocycles. The lowest BCUT2D eigenvalue weighted by Crippen LogP contribution is -2.17. The zero-order chi connectivity index (χ0) is 22.8. The topological polar surface area (TPSA) is 74.8 Å². The number of fused-ring (bicyclic) bond motifs is 1. The number of H-pyrrole nitrogens is 1. The number of hydrogen-bond donors (Lipinski definition) is 2. The van der Waals surface area contributed by atoms with E-state index in [9.17, 15) is 9.59 Å². The molecule has 0 saturated carbocycles. The van der Waals surface area contributed by atoms with E-state index in [0.29, 0.717) is 21.3 Å². The molecule has 0 radical (unpaired) electrons. The number of anilines is 1. The van der Waals surface area contributed by atoms with Crippen LogP contribution in [0.15, 0.2) is 57.8 Å². The number of hydrogen-bond acceptors (Lipinski definition) is 5. The van der Waals surface area contributed by atoms with Crippen LogP contribution in [-0.2, 0) is 4.79 Å². The van der Waals surface area contributed by atoms with Gasteiger partial charge < -0.3 is 10.3 Å². The van der Waals surface area contributed by atoms with Gasteiger partial charge in [0.15, 0.2) is 5.16 Å². The van der Waals surface area contributed by atoms with Gasteiger partial charge in [0.2, 0.25) is 5.91 Å². The van der Waals surface area contributed by atoms with Gasteiger partial charge in [0.25, 0.3) is 5.56 Å². The molecule has 0 unspecified atom stereocenters. The molecule has 4 aromatic rings. The van der Waals surface area contributed by atoms with Crippen LogP contribution in [0, 0.1) is 13.8 Å². The lowest BCUT2D eigenvalue weighted by molar-refractivity contribution is -0.113. The van der Waals surface area contributed by atoms with Gasteiger partial charge in [0.1, 0.15) is 4.83 Å². The third-order valence-electron chi connectivity index (χ3n) is 5.32. The molecule has 164 valence electrons. The van der Waals surface area contributed by atoms with Crippen molar-refractivity contribution in [3.63, 3.8) is 0 Å². The number of carbonyl (C=O) groups is 1. The fourth-order valence-corrected chi connectivity index (χ4v) is 5.26. The number of thiophene rings is 1. The monoisotopic (exact) mass is 463 g/mol. The predicted molar refractivity (Wildman–Crippen MR) is 135 cm³/mol. The lowest BCUT2D eigenvalue weighted by Gasteiger charge is -2.16. The summed E-state index contributed by atoms with van der Waals surface area (Å²) in [5.74, 6) is 0.344. The Hall–Kier alpha value is -2.90. The van der Waals surface area contributed by atoms with Gasteiger partial charge in [-0.15, -0.1) is 11.3 Å². The van der Waals surface area contributed by atoms with Crippen molar-refractivity contribution in [2.24, 2.45) is 0 Å². The lowest BCUT2D eigenvalue weighted by atomic mass is 9.98. The number of carbonyl (C=O) groups excluding carboxylic acids is 1.